The first-order chi connectivity index (χ1) is 19.0. The van der Waals surface area contributed by atoms with Gasteiger partial charge in [-0.2, -0.15) is 5.10 Å². The van der Waals surface area contributed by atoms with Gasteiger partial charge in [-0.3, -0.25) is 14.3 Å². The maximum atomic E-state index is 13.7. The number of benzene rings is 1. The Morgan fingerprint density at radius 2 is 1.95 bits per heavy atom. The van der Waals surface area contributed by atoms with Crippen LogP contribution < -0.4 is 15.8 Å². The first kappa shape index (κ1) is 23.9. The number of rotatable bonds is 6. The molecule has 4 heterocycles. The Morgan fingerprint density at radius 1 is 1.10 bits per heavy atom. The van der Waals surface area contributed by atoms with Crippen molar-refractivity contribution < 1.29 is 9.90 Å². The Bertz CT molecular complexity index is 1660. The van der Waals surface area contributed by atoms with E-state index < -0.39 is 0 Å². The van der Waals surface area contributed by atoms with E-state index in [1.54, 1.807) is 24.3 Å². The Morgan fingerprint density at radius 3 is 2.77 bits per heavy atom. The average molecular weight is 526 g/mol. The van der Waals surface area contributed by atoms with Crippen LogP contribution in [0.5, 0.6) is 0 Å². The largest absolute Gasteiger partial charge is 0.392 e. The second-order valence-corrected chi connectivity index (χ2v) is 10.7. The van der Waals surface area contributed by atoms with Gasteiger partial charge in [-0.25, -0.2) is 4.98 Å². The molecule has 10 heteroatoms. The highest BCUT2D eigenvalue weighted by atomic mass is 16.3. The molecule has 4 aromatic rings. The normalized spacial score (nSPS) is 16.8. The van der Waals surface area contributed by atoms with Crippen LogP contribution in [0.2, 0.25) is 0 Å². The highest BCUT2D eigenvalue weighted by Crippen LogP contribution is 2.36. The number of carbonyl (C=O) groups excluding carboxylic acids is 1. The van der Waals surface area contributed by atoms with Crippen molar-refractivity contribution in [2.45, 2.75) is 57.7 Å². The Kier molecular flexibility index (Phi) is 5.66. The standard InChI is InChI=1S/C29H31N7O3/c1-33-16-23(32-27(29(33)39)31-19-14-30-36(15-19)20-9-10-20)21-6-4-8-25(22(21)17-37)35-12-11-34-24-7-3-2-5-18(24)13-26(34)28(35)38/h4,6,8,13-16,20,37H,2-3,5,7,9-12,17H2,1H3,(H,31,32). The van der Waals surface area contributed by atoms with Gasteiger partial charge < -0.3 is 24.5 Å². The summed E-state index contributed by atoms with van der Waals surface area (Å²) in [5, 5.41) is 18.0. The molecule has 0 saturated heterocycles. The lowest BCUT2D eigenvalue weighted by molar-refractivity contribution is 0.0964. The summed E-state index contributed by atoms with van der Waals surface area (Å²) in [6.07, 6.45) is 11.9. The van der Waals surface area contributed by atoms with E-state index in [-0.39, 0.29) is 23.9 Å². The fraction of sp³-hybridized carbons (Fsp3) is 0.379. The van der Waals surface area contributed by atoms with Crippen LogP contribution in [0.1, 0.15) is 59.0 Å². The summed E-state index contributed by atoms with van der Waals surface area (Å²) in [4.78, 5) is 33.1. The van der Waals surface area contributed by atoms with Crippen LogP contribution in [-0.4, -0.2) is 41.5 Å². The molecule has 1 amide bonds. The van der Waals surface area contributed by atoms with Crippen LogP contribution in [0.25, 0.3) is 11.3 Å². The van der Waals surface area contributed by atoms with E-state index in [2.05, 4.69) is 26.0 Å². The zero-order chi connectivity index (χ0) is 26.7. The Labute approximate surface area is 225 Å². The zero-order valence-electron chi connectivity index (χ0n) is 21.9. The van der Waals surface area contributed by atoms with E-state index in [4.69, 9.17) is 0 Å². The molecule has 0 spiro atoms. The first-order valence-electron chi connectivity index (χ1n) is 13.7. The smallest absolute Gasteiger partial charge is 0.293 e. The van der Waals surface area contributed by atoms with Crippen LogP contribution in [0, 0.1) is 0 Å². The third-order valence-electron chi connectivity index (χ3n) is 8.15. The van der Waals surface area contributed by atoms with Crippen molar-refractivity contribution in [1.82, 2.24) is 23.9 Å². The van der Waals surface area contributed by atoms with Crippen molar-refractivity contribution in [1.29, 1.82) is 0 Å². The Balaban J connectivity index is 1.25. The van der Waals surface area contributed by atoms with Crippen LogP contribution in [0.4, 0.5) is 17.2 Å². The summed E-state index contributed by atoms with van der Waals surface area (Å²) in [6, 6.07) is 8.10. The van der Waals surface area contributed by atoms with Crippen LogP contribution in [0.15, 0.2) is 47.7 Å². The molecule has 3 aliphatic rings. The number of aromatic nitrogens is 5. The van der Waals surface area contributed by atoms with Gasteiger partial charge in [0.2, 0.25) is 0 Å². The number of amides is 1. The minimum absolute atomic E-state index is 0.0500. The van der Waals surface area contributed by atoms with Gasteiger partial charge in [-0.1, -0.05) is 12.1 Å². The molecule has 1 aromatic carbocycles. The third kappa shape index (κ3) is 4.06. The third-order valence-corrected chi connectivity index (χ3v) is 8.15. The number of nitrogens with zero attached hydrogens (tertiary/aromatic N) is 6. The molecule has 7 rings (SSSR count). The number of hydrogen-bond acceptors (Lipinski definition) is 6. The number of aliphatic hydroxyl groups is 1. The summed E-state index contributed by atoms with van der Waals surface area (Å²) >= 11 is 0. The molecule has 1 saturated carbocycles. The van der Waals surface area contributed by atoms with Crippen molar-refractivity contribution in [2.75, 3.05) is 16.8 Å². The fourth-order valence-electron chi connectivity index (χ4n) is 6.00. The summed E-state index contributed by atoms with van der Waals surface area (Å²) < 4.78 is 5.58. The number of fused-ring (bicyclic) bond motifs is 3. The van der Waals surface area contributed by atoms with Crippen LogP contribution >= 0.6 is 0 Å². The van der Waals surface area contributed by atoms with E-state index in [9.17, 15) is 14.7 Å². The van der Waals surface area contributed by atoms with Crippen molar-refractivity contribution in [3.63, 3.8) is 0 Å². The minimum Gasteiger partial charge on any atom is -0.392 e. The van der Waals surface area contributed by atoms with Gasteiger partial charge >= 0.3 is 0 Å². The topological polar surface area (TPSA) is 110 Å². The van der Waals surface area contributed by atoms with Crippen LogP contribution in [-0.2, 0) is 33.0 Å². The summed E-state index contributed by atoms with van der Waals surface area (Å²) in [7, 11) is 1.68. The molecule has 0 radical (unpaired) electrons. The summed E-state index contributed by atoms with van der Waals surface area (Å²) in [5.74, 6) is 0.128. The molecule has 0 unspecified atom stereocenters. The lowest BCUT2D eigenvalue weighted by Crippen LogP contribution is -2.41. The quantitative estimate of drug-likeness (QED) is 0.398. The molecule has 2 N–H and O–H groups in total. The Hall–Kier alpha value is -4.18. The number of aryl methyl sites for hydroxylation is 2. The molecule has 200 valence electrons. The summed E-state index contributed by atoms with van der Waals surface area (Å²) in [6.45, 7) is 0.988. The predicted octanol–water partition coefficient (Wildman–Crippen LogP) is 3.56. The van der Waals surface area contributed by atoms with Crippen molar-refractivity contribution >= 4 is 23.1 Å². The number of anilines is 3. The highest BCUT2D eigenvalue weighted by Gasteiger charge is 2.32. The number of carbonyl (C=O) groups is 1. The maximum absolute atomic E-state index is 13.7. The van der Waals surface area contributed by atoms with Gasteiger partial charge in [0, 0.05) is 49.4 Å². The van der Waals surface area contributed by atoms with Gasteiger partial charge in [-0.05, 0) is 56.2 Å². The predicted molar refractivity (Wildman–Crippen MR) is 147 cm³/mol. The molecule has 1 fully saturated rings. The van der Waals surface area contributed by atoms with Gasteiger partial charge in [0.1, 0.15) is 5.69 Å². The number of aliphatic hydroxyl groups excluding tert-OH is 1. The van der Waals surface area contributed by atoms with E-state index >= 15 is 0 Å². The van der Waals surface area contributed by atoms with Gasteiger partial charge in [-0.15, -0.1) is 0 Å². The van der Waals surface area contributed by atoms with E-state index in [1.807, 2.05) is 29.1 Å². The monoisotopic (exact) mass is 525 g/mol. The SMILES string of the molecule is Cn1cc(-c2cccc(N3CCn4c(cc5c4CCCC5)C3=O)c2CO)nc(Nc2cnn(C3CC3)c2)c1=O. The van der Waals surface area contributed by atoms with Gasteiger partial charge in [0.25, 0.3) is 11.5 Å². The maximum Gasteiger partial charge on any atom is 0.293 e. The molecule has 2 aliphatic carbocycles. The van der Waals surface area contributed by atoms with Crippen molar-refractivity contribution in [3.05, 3.63) is 75.7 Å². The van der Waals surface area contributed by atoms with Crippen molar-refractivity contribution in [3.8, 4) is 11.3 Å². The lowest BCUT2D eigenvalue weighted by atomic mass is 9.98. The molecule has 3 aromatic heterocycles. The minimum atomic E-state index is -0.270. The van der Waals surface area contributed by atoms with E-state index in [0.717, 1.165) is 50.8 Å². The molecule has 0 atom stereocenters. The van der Waals surface area contributed by atoms with Gasteiger partial charge in [0.05, 0.1) is 35.9 Å². The molecule has 0 bridgehead atoms. The molecule has 39 heavy (non-hydrogen) atoms. The van der Waals surface area contributed by atoms with E-state index in [0.29, 0.717) is 40.8 Å². The molecule has 1 aliphatic heterocycles. The summed E-state index contributed by atoms with van der Waals surface area (Å²) in [5.41, 5.74) is 6.23. The lowest BCUT2D eigenvalue weighted by Gasteiger charge is -2.31. The fourth-order valence-corrected chi connectivity index (χ4v) is 6.00. The number of nitrogens with one attached hydrogen (secondary N) is 1. The van der Waals surface area contributed by atoms with Gasteiger partial charge in [0.15, 0.2) is 5.82 Å². The van der Waals surface area contributed by atoms with Crippen molar-refractivity contribution in [2.24, 2.45) is 7.05 Å². The average Bonchev–Trinajstić information content (AvgIpc) is 3.58. The molecular formula is C29H31N7O3. The molecular weight excluding hydrogens is 494 g/mol. The second-order valence-electron chi connectivity index (χ2n) is 10.7. The van der Waals surface area contributed by atoms with Crippen LogP contribution in [0.3, 0.4) is 0 Å². The van der Waals surface area contributed by atoms with E-state index in [1.165, 1.54) is 15.8 Å². The first-order valence-corrected chi connectivity index (χ1v) is 13.7. The molecule has 10 nitrogen and oxygen atoms in total. The number of hydrogen-bond donors (Lipinski definition) is 2. The highest BCUT2D eigenvalue weighted by molar-refractivity contribution is 6.07. The zero-order valence-corrected chi connectivity index (χ0v) is 21.9. The second kappa shape index (κ2) is 9.23.